The monoisotopic (exact) mass is 799 g/mol. The molecule has 2 nitrogen and oxygen atoms in total. The van der Waals surface area contributed by atoms with E-state index in [1.165, 1.54) is 99.3 Å². The number of aromatic nitrogens is 1. The fraction of sp³-hybridized carbons (Fsp3) is 0.100. The highest BCUT2D eigenvalue weighted by Gasteiger charge is 2.40. The van der Waals surface area contributed by atoms with E-state index in [2.05, 4.69) is 233 Å². The van der Waals surface area contributed by atoms with E-state index in [0.29, 0.717) is 0 Å². The van der Waals surface area contributed by atoms with Gasteiger partial charge in [0.2, 0.25) is 0 Å². The van der Waals surface area contributed by atoms with Crippen molar-refractivity contribution >= 4 is 43.5 Å². The quantitative estimate of drug-likeness (QED) is 0.174. The summed E-state index contributed by atoms with van der Waals surface area (Å²) in [5.74, 6) is 1.06. The summed E-state index contributed by atoms with van der Waals surface area (Å²) in [7, 11) is 0. The molecule has 0 N–H and O–H groups in total. The van der Waals surface area contributed by atoms with Crippen molar-refractivity contribution in [2.24, 2.45) is 0 Å². The van der Waals surface area contributed by atoms with E-state index in [9.17, 15) is 0 Å². The summed E-state index contributed by atoms with van der Waals surface area (Å²) in [5.41, 5.74) is 17.7. The van der Waals surface area contributed by atoms with Gasteiger partial charge >= 0.3 is 0 Å². The van der Waals surface area contributed by atoms with Gasteiger partial charge in [0.25, 0.3) is 0 Å². The maximum atomic E-state index is 6.11. The lowest BCUT2D eigenvalue weighted by atomic mass is 9.81. The highest BCUT2D eigenvalue weighted by atomic mass is 16.3. The first-order valence-corrected chi connectivity index (χ1v) is 21.6. The zero-order valence-corrected chi connectivity index (χ0v) is 36.0. The maximum absolute atomic E-state index is 6.11. The Hall–Kier alpha value is -7.42. The summed E-state index contributed by atoms with van der Waals surface area (Å²) in [6.45, 7) is 11.0. The number of hydrogen-bond acceptors (Lipinski definition) is 1. The lowest BCUT2D eigenvalue weighted by Crippen LogP contribution is -2.15. The number of benzene rings is 9. The summed E-state index contributed by atoms with van der Waals surface area (Å²) in [5, 5.41) is 6.35. The van der Waals surface area contributed by atoms with Crippen molar-refractivity contribution in [3.8, 4) is 39.3 Å². The van der Waals surface area contributed by atoms with Crippen LogP contribution >= 0.6 is 0 Å². The summed E-state index contributed by atoms with van der Waals surface area (Å²) < 4.78 is 8.52. The topological polar surface area (TPSA) is 18.1 Å². The van der Waals surface area contributed by atoms with Gasteiger partial charge in [0, 0.05) is 38.1 Å². The summed E-state index contributed by atoms with van der Waals surface area (Å²) in [6, 6.07) is 73.5. The second-order valence-electron chi connectivity index (χ2n) is 17.2. The van der Waals surface area contributed by atoms with Crippen molar-refractivity contribution in [3.05, 3.63) is 234 Å². The molecule has 1 aliphatic rings. The molecule has 300 valence electrons. The molecule has 0 saturated carbocycles. The molecule has 11 aromatic rings. The second-order valence-corrected chi connectivity index (χ2v) is 17.2. The lowest BCUT2D eigenvalue weighted by Gasteiger charge is -2.21. The number of nitrogens with zero attached hydrogens (tertiary/aromatic N) is 1. The Labute approximate surface area is 364 Å². The van der Waals surface area contributed by atoms with Crippen LogP contribution in [-0.4, -0.2) is 4.57 Å². The molecular formula is C60H49NO. The Morgan fingerprint density at radius 2 is 0.952 bits per heavy atom. The van der Waals surface area contributed by atoms with Crippen molar-refractivity contribution in [3.63, 3.8) is 0 Å². The highest BCUT2D eigenvalue weighted by molar-refractivity contribution is 6.11. The van der Waals surface area contributed by atoms with Crippen LogP contribution in [0.5, 0.6) is 0 Å². The van der Waals surface area contributed by atoms with E-state index in [0.717, 1.165) is 11.3 Å². The number of hydrogen-bond donors (Lipinski definition) is 0. The first-order chi connectivity index (χ1) is 30.2. The number of aryl methyl sites for hydroxylation is 3. The largest absolute Gasteiger partial charge is 0.456 e. The van der Waals surface area contributed by atoms with E-state index in [4.69, 9.17) is 4.42 Å². The molecule has 9 aromatic carbocycles. The van der Waals surface area contributed by atoms with Gasteiger partial charge in [-0.3, -0.25) is 0 Å². The molecular weight excluding hydrogens is 751 g/mol. The number of rotatable bonds is 3. The van der Waals surface area contributed by atoms with Crippen LogP contribution < -0.4 is 0 Å². The molecule has 2 heterocycles. The molecule has 62 heavy (non-hydrogen) atoms. The second kappa shape index (κ2) is 15.9. The van der Waals surface area contributed by atoms with Crippen LogP contribution in [0, 0.1) is 20.8 Å². The number of fused-ring (bicyclic) bond motifs is 9. The van der Waals surface area contributed by atoms with Gasteiger partial charge in [0.05, 0.1) is 16.7 Å². The molecule has 0 radical (unpaired) electrons. The lowest BCUT2D eigenvalue weighted by molar-refractivity contribution is 0.619. The molecule has 0 atom stereocenters. The first-order valence-electron chi connectivity index (χ1n) is 21.6. The standard InChI is InChI=1S/C29H21N.C18H16O.C13H12/c1-20-13-15-21(16-14-20)23-17-18-29-26(19-23)25-10-4-5-11-28(25)30(29)27-12-6-8-22-7-2-3-9-24(22)27;1-11-8-9-12-14(10-11)18(2,3)16-13-6-4-5-7-15(13)19-17(12)16;1-11-7-9-13(10-8-11)12-5-3-2-4-6-12/h2-19H,1H3;4-10H,1-3H3;2-10H,1H3. The minimum absolute atomic E-state index is 0.0172. The van der Waals surface area contributed by atoms with Gasteiger partial charge in [-0.25, -0.2) is 0 Å². The van der Waals surface area contributed by atoms with Crippen LogP contribution in [0.3, 0.4) is 0 Å². The van der Waals surface area contributed by atoms with E-state index < -0.39 is 0 Å². The molecule has 0 aliphatic heterocycles. The summed E-state index contributed by atoms with van der Waals surface area (Å²) in [6.07, 6.45) is 0. The molecule has 2 aromatic heterocycles. The van der Waals surface area contributed by atoms with E-state index in [1.807, 2.05) is 12.1 Å². The maximum Gasteiger partial charge on any atom is 0.139 e. The van der Waals surface area contributed by atoms with Gasteiger partial charge in [-0.2, -0.15) is 0 Å². The molecule has 1 aliphatic carbocycles. The van der Waals surface area contributed by atoms with Crippen LogP contribution in [-0.2, 0) is 5.41 Å². The third kappa shape index (κ3) is 6.98. The highest BCUT2D eigenvalue weighted by Crippen LogP contribution is 2.53. The van der Waals surface area contributed by atoms with Crippen molar-refractivity contribution in [1.82, 2.24) is 4.57 Å². The first kappa shape index (κ1) is 38.8. The van der Waals surface area contributed by atoms with E-state index in [-0.39, 0.29) is 5.41 Å². The number of furan rings is 1. The molecule has 0 fully saturated rings. The van der Waals surface area contributed by atoms with Gasteiger partial charge in [-0.15, -0.1) is 0 Å². The van der Waals surface area contributed by atoms with Crippen LogP contribution in [0.15, 0.2) is 211 Å². The Morgan fingerprint density at radius 1 is 0.403 bits per heavy atom. The molecule has 0 bridgehead atoms. The summed E-state index contributed by atoms with van der Waals surface area (Å²) >= 11 is 0. The molecule has 2 heteroatoms. The minimum atomic E-state index is 0.0172. The Morgan fingerprint density at radius 3 is 1.69 bits per heavy atom. The molecule has 0 unspecified atom stereocenters. The Bertz CT molecular complexity index is 3380. The third-order valence-electron chi connectivity index (χ3n) is 12.5. The summed E-state index contributed by atoms with van der Waals surface area (Å²) in [4.78, 5) is 0. The molecule has 0 saturated heterocycles. The smallest absolute Gasteiger partial charge is 0.139 e. The van der Waals surface area contributed by atoms with Crippen molar-refractivity contribution < 1.29 is 4.42 Å². The van der Waals surface area contributed by atoms with Crippen molar-refractivity contribution in [2.45, 2.75) is 40.0 Å². The molecule has 0 amide bonds. The molecule has 12 rings (SSSR count). The zero-order chi connectivity index (χ0) is 42.4. The fourth-order valence-electron chi connectivity index (χ4n) is 9.30. The molecule has 0 spiro atoms. The Balaban J connectivity index is 0.000000122. The fourth-order valence-corrected chi connectivity index (χ4v) is 9.30. The van der Waals surface area contributed by atoms with Gasteiger partial charge in [0.15, 0.2) is 0 Å². The number of para-hydroxylation sites is 2. The minimum Gasteiger partial charge on any atom is -0.456 e. The van der Waals surface area contributed by atoms with Crippen LogP contribution in [0.2, 0.25) is 0 Å². The van der Waals surface area contributed by atoms with Gasteiger partial charge in [-0.05, 0) is 84.3 Å². The van der Waals surface area contributed by atoms with Crippen LogP contribution in [0.25, 0.3) is 82.8 Å². The van der Waals surface area contributed by atoms with Crippen LogP contribution in [0.4, 0.5) is 0 Å². The third-order valence-corrected chi connectivity index (χ3v) is 12.5. The van der Waals surface area contributed by atoms with Crippen molar-refractivity contribution in [1.29, 1.82) is 0 Å². The normalized spacial score (nSPS) is 12.4. The zero-order valence-electron chi connectivity index (χ0n) is 36.0. The van der Waals surface area contributed by atoms with Gasteiger partial charge in [0.1, 0.15) is 11.3 Å². The Kier molecular flexibility index (Phi) is 9.93. The van der Waals surface area contributed by atoms with E-state index in [1.54, 1.807) is 0 Å². The van der Waals surface area contributed by atoms with Crippen molar-refractivity contribution in [2.75, 3.05) is 0 Å². The SMILES string of the molecule is Cc1ccc(-c2ccc3c(c2)c2ccccc2n3-c2cccc3ccccc23)cc1.Cc1ccc(-c2ccccc2)cc1.Cc1ccc2c(c1)C(C)(C)c1c-2oc2ccccc12. The van der Waals surface area contributed by atoms with E-state index >= 15 is 0 Å². The van der Waals surface area contributed by atoms with Crippen LogP contribution in [0.1, 0.15) is 41.7 Å². The van der Waals surface area contributed by atoms with Gasteiger partial charge < -0.3 is 8.98 Å². The average molecular weight is 800 g/mol. The predicted octanol–water partition coefficient (Wildman–Crippen LogP) is 16.6. The average Bonchev–Trinajstić information content (AvgIpc) is 3.93. The predicted molar refractivity (Wildman–Crippen MR) is 264 cm³/mol. The van der Waals surface area contributed by atoms with Gasteiger partial charge in [-0.1, -0.05) is 206 Å².